The Balaban J connectivity index is 1.79. The van der Waals surface area contributed by atoms with Gasteiger partial charge in [-0.2, -0.15) is 0 Å². The fourth-order valence-electron chi connectivity index (χ4n) is 4.04. The van der Waals surface area contributed by atoms with Gasteiger partial charge in [-0.1, -0.05) is 41.9 Å². The minimum absolute atomic E-state index is 0.0881. The summed E-state index contributed by atoms with van der Waals surface area (Å²) in [6.45, 7) is -0.549. The molecule has 1 saturated heterocycles. The molecule has 5 N–H and O–H groups in total. The number of halogens is 3. The number of fused-ring (bicyclic) bond motifs is 1. The maximum atomic E-state index is 12.9. The average molecular weight is 454 g/mol. The molecule has 3 aromatic rings. The number of aromatic nitrogens is 1. The Kier molecular flexibility index (Phi) is 6.30. The lowest BCUT2D eigenvalue weighted by atomic mass is 9.90. The third kappa shape index (κ3) is 4.07. The van der Waals surface area contributed by atoms with Gasteiger partial charge in [-0.3, -0.25) is 0 Å². The second-order valence-electron chi connectivity index (χ2n) is 7.65. The smallest absolute Gasteiger partial charge is 0.263 e. The van der Waals surface area contributed by atoms with E-state index in [0.29, 0.717) is 27.2 Å². The van der Waals surface area contributed by atoms with E-state index in [1.54, 1.807) is 30.3 Å². The minimum atomic E-state index is -2.57. The highest BCUT2D eigenvalue weighted by molar-refractivity contribution is 6.35. The Morgan fingerprint density at radius 1 is 1.00 bits per heavy atom. The summed E-state index contributed by atoms with van der Waals surface area (Å²) in [4.78, 5) is 3.17. The monoisotopic (exact) mass is 453 g/mol. The number of nitrogens with one attached hydrogen (secondary N) is 1. The zero-order valence-electron chi connectivity index (χ0n) is 16.3. The quantitative estimate of drug-likeness (QED) is 0.408. The van der Waals surface area contributed by atoms with E-state index in [4.69, 9.17) is 16.3 Å². The SMILES string of the molecule is OC[C@H]1OC(c2[nH]c3cccc(Cl)c3c2Cc2ccc(C(F)F)cc2)[C@H](O)[C@@H](O)[C@@H]1O. The Bertz CT molecular complexity index is 1060. The van der Waals surface area contributed by atoms with Crippen LogP contribution in [0, 0.1) is 0 Å². The van der Waals surface area contributed by atoms with Gasteiger partial charge in [-0.15, -0.1) is 0 Å². The molecule has 1 aromatic heterocycles. The molecule has 4 rings (SSSR count). The first-order valence-electron chi connectivity index (χ1n) is 9.78. The van der Waals surface area contributed by atoms with Crippen molar-refractivity contribution >= 4 is 22.5 Å². The lowest BCUT2D eigenvalue weighted by Gasteiger charge is -2.40. The third-order valence-corrected chi connectivity index (χ3v) is 6.01. The molecular weight excluding hydrogens is 432 g/mol. The summed E-state index contributed by atoms with van der Waals surface area (Å²) in [7, 11) is 0. The maximum Gasteiger partial charge on any atom is 0.263 e. The van der Waals surface area contributed by atoms with Crippen molar-refractivity contribution in [1.29, 1.82) is 0 Å². The van der Waals surface area contributed by atoms with Gasteiger partial charge in [-0.05, 0) is 29.7 Å². The molecule has 0 saturated carbocycles. The summed E-state index contributed by atoms with van der Waals surface area (Å²) in [5.74, 6) is 0. The molecule has 2 aromatic carbocycles. The predicted molar refractivity (Wildman–Crippen MR) is 110 cm³/mol. The molecule has 6 nitrogen and oxygen atoms in total. The predicted octanol–water partition coefficient (Wildman–Crippen LogP) is 2.86. The van der Waals surface area contributed by atoms with Crippen LogP contribution < -0.4 is 0 Å². The van der Waals surface area contributed by atoms with Crippen LogP contribution in [0.3, 0.4) is 0 Å². The Morgan fingerprint density at radius 3 is 2.35 bits per heavy atom. The highest BCUT2D eigenvalue weighted by atomic mass is 35.5. The molecule has 1 fully saturated rings. The van der Waals surface area contributed by atoms with E-state index in [0.717, 1.165) is 5.56 Å². The normalized spacial score (nSPS) is 26.6. The summed E-state index contributed by atoms with van der Waals surface area (Å²) in [5.41, 5.74) is 2.40. The highest BCUT2D eigenvalue weighted by Crippen LogP contribution is 2.39. The van der Waals surface area contributed by atoms with Gasteiger partial charge in [0, 0.05) is 16.5 Å². The Labute approximate surface area is 181 Å². The summed E-state index contributed by atoms with van der Waals surface area (Å²) in [6, 6.07) is 11.1. The van der Waals surface area contributed by atoms with Crippen molar-refractivity contribution in [3.63, 3.8) is 0 Å². The molecule has 0 aliphatic carbocycles. The van der Waals surface area contributed by atoms with Gasteiger partial charge >= 0.3 is 0 Å². The molecule has 0 bridgehead atoms. The molecule has 1 aliphatic heterocycles. The molecule has 0 amide bonds. The van der Waals surface area contributed by atoms with E-state index in [1.807, 2.05) is 0 Å². The molecular formula is C22H22ClF2NO5. The second-order valence-corrected chi connectivity index (χ2v) is 8.06. The first kappa shape index (κ1) is 22.1. The molecule has 31 heavy (non-hydrogen) atoms. The zero-order chi connectivity index (χ0) is 22.3. The van der Waals surface area contributed by atoms with Gasteiger partial charge in [0.15, 0.2) is 0 Å². The average Bonchev–Trinajstić information content (AvgIpc) is 3.12. The number of alkyl halides is 2. The van der Waals surface area contributed by atoms with E-state index < -0.39 is 43.6 Å². The third-order valence-electron chi connectivity index (χ3n) is 5.70. The van der Waals surface area contributed by atoms with E-state index in [1.165, 1.54) is 12.1 Å². The molecule has 0 spiro atoms. The van der Waals surface area contributed by atoms with Gasteiger partial charge < -0.3 is 30.1 Å². The van der Waals surface area contributed by atoms with Gasteiger partial charge in [0.2, 0.25) is 0 Å². The molecule has 5 atom stereocenters. The second kappa shape index (κ2) is 8.82. The molecule has 9 heteroatoms. The van der Waals surface area contributed by atoms with E-state index >= 15 is 0 Å². The van der Waals surface area contributed by atoms with Crippen LogP contribution in [0.4, 0.5) is 8.78 Å². The van der Waals surface area contributed by atoms with Gasteiger partial charge in [0.05, 0.1) is 17.3 Å². The fraction of sp³-hybridized carbons (Fsp3) is 0.364. The van der Waals surface area contributed by atoms with E-state index in [9.17, 15) is 29.2 Å². The summed E-state index contributed by atoms with van der Waals surface area (Å²) in [5, 5.41) is 41.6. The van der Waals surface area contributed by atoms with Gasteiger partial charge in [-0.25, -0.2) is 8.78 Å². The van der Waals surface area contributed by atoms with Crippen molar-refractivity contribution in [2.45, 2.75) is 43.4 Å². The number of hydrogen-bond acceptors (Lipinski definition) is 5. The minimum Gasteiger partial charge on any atom is -0.394 e. The lowest BCUT2D eigenvalue weighted by Crippen LogP contribution is -2.55. The topological polar surface area (TPSA) is 106 Å². The van der Waals surface area contributed by atoms with Crippen LogP contribution in [0.2, 0.25) is 5.02 Å². The lowest BCUT2D eigenvalue weighted by molar-refractivity contribution is -0.232. The number of hydrogen-bond donors (Lipinski definition) is 5. The largest absolute Gasteiger partial charge is 0.394 e. The first-order valence-corrected chi connectivity index (χ1v) is 10.2. The van der Waals surface area contributed by atoms with Crippen LogP contribution in [-0.4, -0.2) is 56.4 Å². The summed E-state index contributed by atoms with van der Waals surface area (Å²) in [6.07, 6.45) is -8.90. The van der Waals surface area contributed by atoms with Crippen molar-refractivity contribution in [2.24, 2.45) is 0 Å². The number of aliphatic hydroxyl groups excluding tert-OH is 4. The van der Waals surface area contributed by atoms with Crippen molar-refractivity contribution in [1.82, 2.24) is 4.98 Å². The number of benzene rings is 2. The van der Waals surface area contributed by atoms with Crippen molar-refractivity contribution in [3.05, 3.63) is 69.9 Å². The van der Waals surface area contributed by atoms with Crippen LogP contribution in [-0.2, 0) is 11.2 Å². The number of rotatable bonds is 5. The van der Waals surface area contributed by atoms with Gasteiger partial charge in [0.25, 0.3) is 6.43 Å². The van der Waals surface area contributed by atoms with Crippen LogP contribution in [0.15, 0.2) is 42.5 Å². The summed E-state index contributed by atoms with van der Waals surface area (Å²) >= 11 is 6.44. The Hall–Kier alpha value is -2.07. The standard InChI is InChI=1S/C22H22ClF2NO5/c23-13-2-1-3-14-16(13)12(8-10-4-6-11(7-5-10)22(24)25)17(26-14)21-20(30)19(29)18(28)15(9-27)31-21/h1-7,15,18-22,26-30H,8-9H2/t15-,18-,19+,20-,21?/m1/s1. The molecule has 0 radical (unpaired) electrons. The highest BCUT2D eigenvalue weighted by Gasteiger charge is 2.45. The number of ether oxygens (including phenoxy) is 1. The van der Waals surface area contributed by atoms with Crippen molar-refractivity contribution in [3.8, 4) is 0 Å². The zero-order valence-corrected chi connectivity index (χ0v) is 17.0. The van der Waals surface area contributed by atoms with Crippen LogP contribution >= 0.6 is 11.6 Å². The van der Waals surface area contributed by atoms with Crippen LogP contribution in [0.5, 0.6) is 0 Å². The van der Waals surface area contributed by atoms with E-state index in [-0.39, 0.29) is 12.0 Å². The van der Waals surface area contributed by atoms with Crippen LogP contribution in [0.1, 0.15) is 34.9 Å². The maximum absolute atomic E-state index is 12.9. The number of aliphatic hydroxyl groups is 4. The molecule has 1 aliphatic rings. The van der Waals surface area contributed by atoms with E-state index in [2.05, 4.69) is 4.98 Å². The number of H-pyrrole nitrogens is 1. The molecule has 2 heterocycles. The first-order chi connectivity index (χ1) is 14.8. The van der Waals surface area contributed by atoms with Crippen LogP contribution in [0.25, 0.3) is 10.9 Å². The molecule has 166 valence electrons. The van der Waals surface area contributed by atoms with Gasteiger partial charge in [0.1, 0.15) is 30.5 Å². The van der Waals surface area contributed by atoms with Crippen molar-refractivity contribution < 1.29 is 33.9 Å². The molecule has 1 unspecified atom stereocenters. The van der Waals surface area contributed by atoms with Crippen molar-refractivity contribution in [2.75, 3.05) is 6.61 Å². The fourth-order valence-corrected chi connectivity index (χ4v) is 4.33. The summed E-state index contributed by atoms with van der Waals surface area (Å²) < 4.78 is 31.5. The number of aromatic amines is 1. The Morgan fingerprint density at radius 2 is 1.71 bits per heavy atom.